The summed E-state index contributed by atoms with van der Waals surface area (Å²) < 4.78 is 4.91. The van der Waals surface area contributed by atoms with Crippen molar-refractivity contribution in [2.75, 3.05) is 7.11 Å². The molecular weight excluding hydrogens is 196 g/mol. The number of aromatic carboxylic acids is 1. The molecule has 15 heavy (non-hydrogen) atoms. The van der Waals surface area contributed by atoms with Gasteiger partial charge in [-0.25, -0.2) is 4.79 Å². The van der Waals surface area contributed by atoms with Crippen LogP contribution < -0.4 is 4.74 Å². The van der Waals surface area contributed by atoms with Gasteiger partial charge in [0, 0.05) is 12.0 Å². The van der Waals surface area contributed by atoms with E-state index in [1.807, 2.05) is 0 Å². The van der Waals surface area contributed by atoms with Crippen molar-refractivity contribution in [3.63, 3.8) is 0 Å². The SMILES string of the molecule is CCC(=O)c1cccc(OC)c1C(=O)O. The first kappa shape index (κ1) is 11.2. The largest absolute Gasteiger partial charge is 0.496 e. The molecule has 0 atom stereocenters. The van der Waals surface area contributed by atoms with Crippen molar-refractivity contribution in [2.45, 2.75) is 13.3 Å². The highest BCUT2D eigenvalue weighted by Gasteiger charge is 2.19. The highest BCUT2D eigenvalue weighted by Crippen LogP contribution is 2.23. The maximum Gasteiger partial charge on any atom is 0.340 e. The summed E-state index contributed by atoms with van der Waals surface area (Å²) in [6.45, 7) is 1.69. The molecule has 4 heteroatoms. The van der Waals surface area contributed by atoms with E-state index >= 15 is 0 Å². The van der Waals surface area contributed by atoms with Crippen molar-refractivity contribution in [2.24, 2.45) is 0 Å². The molecule has 4 nitrogen and oxygen atoms in total. The lowest BCUT2D eigenvalue weighted by atomic mass is 10.0. The molecule has 0 aliphatic heterocycles. The summed E-state index contributed by atoms with van der Waals surface area (Å²) in [6.07, 6.45) is 0.271. The van der Waals surface area contributed by atoms with Crippen LogP contribution in [-0.2, 0) is 0 Å². The highest BCUT2D eigenvalue weighted by molar-refractivity contribution is 6.07. The molecule has 0 spiro atoms. The molecule has 0 saturated heterocycles. The minimum atomic E-state index is -1.15. The van der Waals surface area contributed by atoms with Gasteiger partial charge in [0.05, 0.1) is 7.11 Å². The lowest BCUT2D eigenvalue weighted by Gasteiger charge is -2.08. The van der Waals surface area contributed by atoms with Gasteiger partial charge in [-0.1, -0.05) is 19.1 Å². The number of carbonyl (C=O) groups excluding carboxylic acids is 1. The Balaban J connectivity index is 3.38. The van der Waals surface area contributed by atoms with Gasteiger partial charge >= 0.3 is 5.97 Å². The number of carboxylic acids is 1. The van der Waals surface area contributed by atoms with Crippen LogP contribution in [0.2, 0.25) is 0 Å². The fourth-order valence-electron chi connectivity index (χ4n) is 1.34. The predicted molar refractivity (Wildman–Crippen MR) is 54.6 cm³/mol. The van der Waals surface area contributed by atoms with Crippen LogP contribution in [0.1, 0.15) is 34.1 Å². The van der Waals surface area contributed by atoms with Gasteiger partial charge in [-0.15, -0.1) is 0 Å². The van der Waals surface area contributed by atoms with E-state index in [0.29, 0.717) is 0 Å². The molecule has 0 radical (unpaired) electrons. The van der Waals surface area contributed by atoms with E-state index in [-0.39, 0.29) is 29.1 Å². The summed E-state index contributed by atoms with van der Waals surface area (Å²) in [6, 6.07) is 4.63. The summed E-state index contributed by atoms with van der Waals surface area (Å²) in [5.74, 6) is -1.14. The number of hydrogen-bond donors (Lipinski definition) is 1. The fourth-order valence-corrected chi connectivity index (χ4v) is 1.34. The van der Waals surface area contributed by atoms with Gasteiger partial charge in [0.15, 0.2) is 5.78 Å². The minimum absolute atomic E-state index is 0.0631. The quantitative estimate of drug-likeness (QED) is 0.768. The third kappa shape index (κ3) is 2.15. The number of ketones is 1. The fraction of sp³-hybridized carbons (Fsp3) is 0.273. The second-order valence-corrected chi connectivity index (χ2v) is 2.96. The first-order valence-electron chi connectivity index (χ1n) is 4.55. The Hall–Kier alpha value is -1.84. The van der Waals surface area contributed by atoms with E-state index in [4.69, 9.17) is 9.84 Å². The summed E-state index contributed by atoms with van der Waals surface area (Å²) in [4.78, 5) is 22.5. The second-order valence-electron chi connectivity index (χ2n) is 2.96. The third-order valence-electron chi connectivity index (χ3n) is 2.08. The van der Waals surface area contributed by atoms with E-state index in [1.54, 1.807) is 13.0 Å². The molecule has 0 unspecified atom stereocenters. The van der Waals surface area contributed by atoms with Gasteiger partial charge in [0.25, 0.3) is 0 Å². The van der Waals surface area contributed by atoms with Gasteiger partial charge < -0.3 is 9.84 Å². The number of Topliss-reactive ketones (excluding diaryl/α,β-unsaturated/α-hetero) is 1. The first-order chi connectivity index (χ1) is 7.11. The maximum atomic E-state index is 11.5. The van der Waals surface area contributed by atoms with Crippen molar-refractivity contribution in [3.8, 4) is 5.75 Å². The number of hydrogen-bond acceptors (Lipinski definition) is 3. The smallest absolute Gasteiger partial charge is 0.340 e. The molecule has 0 saturated carbocycles. The van der Waals surface area contributed by atoms with Crippen molar-refractivity contribution in [1.29, 1.82) is 0 Å². The molecule has 0 aliphatic carbocycles. The third-order valence-corrected chi connectivity index (χ3v) is 2.08. The van der Waals surface area contributed by atoms with Crippen molar-refractivity contribution in [1.82, 2.24) is 0 Å². The zero-order valence-electron chi connectivity index (χ0n) is 8.61. The first-order valence-corrected chi connectivity index (χ1v) is 4.55. The number of benzene rings is 1. The summed E-state index contributed by atoms with van der Waals surface area (Å²) in [5, 5.41) is 8.99. The molecule has 1 N–H and O–H groups in total. The van der Waals surface area contributed by atoms with Crippen molar-refractivity contribution in [3.05, 3.63) is 29.3 Å². The average Bonchev–Trinajstić information content (AvgIpc) is 2.26. The predicted octanol–water partition coefficient (Wildman–Crippen LogP) is 1.99. The maximum absolute atomic E-state index is 11.5. The van der Waals surface area contributed by atoms with Crippen LogP contribution in [0.25, 0.3) is 0 Å². The Morgan fingerprint density at radius 3 is 2.53 bits per heavy atom. The van der Waals surface area contributed by atoms with Crippen LogP contribution in [0.3, 0.4) is 0 Å². The zero-order chi connectivity index (χ0) is 11.4. The van der Waals surface area contributed by atoms with Gasteiger partial charge in [-0.2, -0.15) is 0 Å². The molecule has 0 amide bonds. The van der Waals surface area contributed by atoms with Crippen LogP contribution in [0.4, 0.5) is 0 Å². The lowest BCUT2D eigenvalue weighted by Crippen LogP contribution is -2.09. The average molecular weight is 208 g/mol. The van der Waals surface area contributed by atoms with Crippen molar-refractivity contribution < 1.29 is 19.4 Å². The number of methoxy groups -OCH3 is 1. The summed E-state index contributed by atoms with van der Waals surface area (Å²) in [5.41, 5.74) is 0.135. The van der Waals surface area contributed by atoms with Crippen molar-refractivity contribution >= 4 is 11.8 Å². The van der Waals surface area contributed by atoms with Gasteiger partial charge in [-0.3, -0.25) is 4.79 Å². The zero-order valence-corrected chi connectivity index (χ0v) is 8.61. The number of carboxylic acid groups (broad SMARTS) is 1. The van der Waals surface area contributed by atoms with Crippen LogP contribution in [0, 0.1) is 0 Å². The molecule has 1 rings (SSSR count). The van der Waals surface area contributed by atoms with E-state index in [0.717, 1.165) is 0 Å². The molecule has 0 fully saturated rings. The monoisotopic (exact) mass is 208 g/mol. The van der Waals surface area contributed by atoms with E-state index in [1.165, 1.54) is 19.2 Å². The molecule has 1 aromatic carbocycles. The van der Waals surface area contributed by atoms with Crippen LogP contribution in [-0.4, -0.2) is 24.0 Å². The number of rotatable bonds is 4. The minimum Gasteiger partial charge on any atom is -0.496 e. The van der Waals surface area contributed by atoms with E-state index in [9.17, 15) is 9.59 Å². The van der Waals surface area contributed by atoms with Gasteiger partial charge in [0.1, 0.15) is 11.3 Å². The second kappa shape index (κ2) is 4.59. The van der Waals surface area contributed by atoms with Crippen LogP contribution in [0.15, 0.2) is 18.2 Å². The Labute approximate surface area is 87.5 Å². The molecule has 1 aromatic rings. The van der Waals surface area contributed by atoms with Gasteiger partial charge in [0.2, 0.25) is 0 Å². The molecule has 0 heterocycles. The van der Waals surface area contributed by atoms with Crippen LogP contribution >= 0.6 is 0 Å². The van der Waals surface area contributed by atoms with E-state index in [2.05, 4.69) is 0 Å². The Bertz CT molecular complexity index is 396. The number of carbonyl (C=O) groups is 2. The Morgan fingerprint density at radius 2 is 2.07 bits per heavy atom. The molecule has 80 valence electrons. The van der Waals surface area contributed by atoms with Crippen LogP contribution in [0.5, 0.6) is 5.75 Å². The molecule has 0 aromatic heterocycles. The van der Waals surface area contributed by atoms with E-state index < -0.39 is 5.97 Å². The normalized spacial score (nSPS) is 9.73. The molecular formula is C11H12O4. The number of ether oxygens (including phenoxy) is 1. The molecule has 0 aliphatic rings. The Kier molecular flexibility index (Phi) is 3.44. The highest BCUT2D eigenvalue weighted by atomic mass is 16.5. The Morgan fingerprint density at radius 1 is 1.40 bits per heavy atom. The molecule has 0 bridgehead atoms. The standard InChI is InChI=1S/C11H12O4/c1-3-8(12)7-5-4-6-9(15-2)10(7)11(13)14/h4-6H,3H2,1-2H3,(H,13,14). The lowest BCUT2D eigenvalue weighted by molar-refractivity contribution is 0.0688. The summed E-state index contributed by atoms with van der Waals surface area (Å²) in [7, 11) is 1.38. The topological polar surface area (TPSA) is 63.6 Å². The summed E-state index contributed by atoms with van der Waals surface area (Å²) >= 11 is 0. The van der Waals surface area contributed by atoms with Gasteiger partial charge in [-0.05, 0) is 6.07 Å².